The third-order valence-electron chi connectivity index (χ3n) is 4.52. The molecule has 0 unspecified atom stereocenters. The Kier molecular flexibility index (Phi) is 4.48. The molecule has 0 radical (unpaired) electrons. The monoisotopic (exact) mass is 349 g/mol. The van der Waals surface area contributed by atoms with E-state index >= 15 is 0 Å². The zero-order valence-corrected chi connectivity index (χ0v) is 14.7. The highest BCUT2D eigenvalue weighted by Crippen LogP contribution is 2.21. The lowest BCUT2D eigenvalue weighted by molar-refractivity contribution is 0.0746. The molecule has 4 rings (SSSR count). The molecule has 3 aromatic rings. The minimum absolute atomic E-state index is 0.0667. The summed E-state index contributed by atoms with van der Waals surface area (Å²) in [7, 11) is 0. The number of anilines is 1. The Hall–Kier alpha value is -2.66. The summed E-state index contributed by atoms with van der Waals surface area (Å²) in [4.78, 5) is 21.4. The van der Waals surface area contributed by atoms with E-state index in [0.29, 0.717) is 5.56 Å². The van der Waals surface area contributed by atoms with Gasteiger partial charge in [-0.15, -0.1) is 0 Å². The first kappa shape index (κ1) is 15.8. The number of amides is 1. The van der Waals surface area contributed by atoms with Crippen LogP contribution in [0.2, 0.25) is 0 Å². The Morgan fingerprint density at radius 2 is 1.76 bits per heavy atom. The SMILES string of the molecule is O=C(c1ccc(-c2ccsc2)nc1)N1CCN(c2ccccc2)CC1. The Morgan fingerprint density at radius 3 is 2.40 bits per heavy atom. The summed E-state index contributed by atoms with van der Waals surface area (Å²) in [5, 5.41) is 4.09. The van der Waals surface area contributed by atoms with Crippen molar-refractivity contribution in [2.45, 2.75) is 0 Å². The number of carbonyl (C=O) groups excluding carboxylic acids is 1. The van der Waals surface area contributed by atoms with Crippen LogP contribution in [-0.4, -0.2) is 42.0 Å². The van der Waals surface area contributed by atoms with Gasteiger partial charge in [0.15, 0.2) is 0 Å². The maximum atomic E-state index is 12.7. The highest BCUT2D eigenvalue weighted by molar-refractivity contribution is 7.08. The van der Waals surface area contributed by atoms with Crippen molar-refractivity contribution in [2.24, 2.45) is 0 Å². The molecule has 25 heavy (non-hydrogen) atoms. The Bertz CT molecular complexity index is 823. The number of hydrogen-bond acceptors (Lipinski definition) is 4. The number of rotatable bonds is 3. The van der Waals surface area contributed by atoms with E-state index in [1.807, 2.05) is 46.7 Å². The van der Waals surface area contributed by atoms with Gasteiger partial charge < -0.3 is 9.80 Å². The van der Waals surface area contributed by atoms with Gasteiger partial charge in [-0.3, -0.25) is 9.78 Å². The van der Waals surface area contributed by atoms with Gasteiger partial charge in [0.25, 0.3) is 5.91 Å². The van der Waals surface area contributed by atoms with Crippen molar-refractivity contribution in [1.82, 2.24) is 9.88 Å². The summed E-state index contributed by atoms with van der Waals surface area (Å²) < 4.78 is 0. The van der Waals surface area contributed by atoms with Gasteiger partial charge in [-0.1, -0.05) is 18.2 Å². The second-order valence-electron chi connectivity index (χ2n) is 6.06. The lowest BCUT2D eigenvalue weighted by Gasteiger charge is -2.36. The van der Waals surface area contributed by atoms with Gasteiger partial charge in [0.2, 0.25) is 0 Å². The van der Waals surface area contributed by atoms with Crippen LogP contribution in [0.1, 0.15) is 10.4 Å². The smallest absolute Gasteiger partial charge is 0.255 e. The number of hydrogen-bond donors (Lipinski definition) is 0. The molecule has 5 heteroatoms. The van der Waals surface area contributed by atoms with Crippen molar-refractivity contribution in [3.8, 4) is 11.3 Å². The van der Waals surface area contributed by atoms with Crippen molar-refractivity contribution in [2.75, 3.05) is 31.1 Å². The zero-order valence-electron chi connectivity index (χ0n) is 13.8. The van der Waals surface area contributed by atoms with E-state index in [1.165, 1.54) is 5.69 Å². The average Bonchev–Trinajstić information content (AvgIpc) is 3.23. The second-order valence-corrected chi connectivity index (χ2v) is 6.84. The molecule has 0 bridgehead atoms. The molecule has 1 aromatic carbocycles. The summed E-state index contributed by atoms with van der Waals surface area (Å²) >= 11 is 1.65. The molecule has 1 aliphatic rings. The van der Waals surface area contributed by atoms with Crippen LogP contribution in [0.5, 0.6) is 0 Å². The number of piperazine rings is 1. The summed E-state index contributed by atoms with van der Waals surface area (Å²) in [6.45, 7) is 3.19. The van der Waals surface area contributed by atoms with Gasteiger partial charge in [0.05, 0.1) is 11.3 Å². The average molecular weight is 349 g/mol. The molecule has 0 spiro atoms. The molecular formula is C20H19N3OS. The van der Waals surface area contributed by atoms with Crippen LogP contribution in [0.25, 0.3) is 11.3 Å². The van der Waals surface area contributed by atoms with Gasteiger partial charge in [-0.25, -0.2) is 0 Å². The number of pyridine rings is 1. The summed E-state index contributed by atoms with van der Waals surface area (Å²) in [6.07, 6.45) is 1.69. The lowest BCUT2D eigenvalue weighted by Crippen LogP contribution is -2.48. The van der Waals surface area contributed by atoms with Gasteiger partial charge in [-0.05, 0) is 35.7 Å². The van der Waals surface area contributed by atoms with Crippen molar-refractivity contribution in [3.63, 3.8) is 0 Å². The Labute approximate surface area is 151 Å². The molecule has 2 aromatic heterocycles. The number of carbonyl (C=O) groups is 1. The third kappa shape index (κ3) is 3.42. The highest BCUT2D eigenvalue weighted by Gasteiger charge is 2.22. The van der Waals surface area contributed by atoms with E-state index in [9.17, 15) is 4.79 Å². The summed E-state index contributed by atoms with van der Waals surface area (Å²) in [5.41, 5.74) is 3.88. The van der Waals surface area contributed by atoms with E-state index in [2.05, 4.69) is 27.4 Å². The number of nitrogens with zero attached hydrogens (tertiary/aromatic N) is 3. The molecule has 0 atom stereocenters. The summed E-state index contributed by atoms with van der Waals surface area (Å²) in [6, 6.07) is 16.2. The van der Waals surface area contributed by atoms with E-state index in [0.717, 1.165) is 37.4 Å². The molecule has 0 saturated carbocycles. The van der Waals surface area contributed by atoms with Crippen LogP contribution in [0.3, 0.4) is 0 Å². The largest absolute Gasteiger partial charge is 0.368 e. The number of para-hydroxylation sites is 1. The van der Waals surface area contributed by atoms with Crippen LogP contribution in [0.15, 0.2) is 65.5 Å². The van der Waals surface area contributed by atoms with Crippen molar-refractivity contribution >= 4 is 22.9 Å². The third-order valence-corrected chi connectivity index (χ3v) is 5.20. The standard InChI is InChI=1S/C20H19N3OS/c24-20(16-6-7-19(21-14-16)17-8-13-25-15-17)23-11-9-22(10-12-23)18-4-2-1-3-5-18/h1-8,13-15H,9-12H2. The van der Waals surface area contributed by atoms with Gasteiger partial charge >= 0.3 is 0 Å². The fraction of sp³-hybridized carbons (Fsp3) is 0.200. The van der Waals surface area contributed by atoms with Crippen LogP contribution in [-0.2, 0) is 0 Å². The van der Waals surface area contributed by atoms with Crippen LogP contribution in [0.4, 0.5) is 5.69 Å². The maximum absolute atomic E-state index is 12.7. The van der Waals surface area contributed by atoms with Crippen LogP contribution < -0.4 is 4.90 Å². The molecular weight excluding hydrogens is 330 g/mol. The number of aromatic nitrogens is 1. The molecule has 0 aliphatic carbocycles. The highest BCUT2D eigenvalue weighted by atomic mass is 32.1. The lowest BCUT2D eigenvalue weighted by atomic mass is 10.1. The molecule has 0 N–H and O–H groups in total. The predicted octanol–water partition coefficient (Wildman–Crippen LogP) is 3.77. The fourth-order valence-electron chi connectivity index (χ4n) is 3.09. The summed E-state index contributed by atoms with van der Waals surface area (Å²) in [5.74, 6) is 0.0667. The topological polar surface area (TPSA) is 36.4 Å². The first-order valence-electron chi connectivity index (χ1n) is 8.39. The van der Waals surface area contributed by atoms with Crippen LogP contribution >= 0.6 is 11.3 Å². The van der Waals surface area contributed by atoms with E-state index in [-0.39, 0.29) is 5.91 Å². The normalized spacial score (nSPS) is 14.6. The van der Waals surface area contributed by atoms with E-state index < -0.39 is 0 Å². The molecule has 3 heterocycles. The minimum Gasteiger partial charge on any atom is -0.368 e. The number of thiophene rings is 1. The Morgan fingerprint density at radius 1 is 0.960 bits per heavy atom. The van der Waals surface area contributed by atoms with Crippen molar-refractivity contribution in [3.05, 3.63) is 71.1 Å². The molecule has 4 nitrogen and oxygen atoms in total. The van der Waals surface area contributed by atoms with Crippen molar-refractivity contribution in [1.29, 1.82) is 0 Å². The van der Waals surface area contributed by atoms with Gasteiger partial charge in [-0.2, -0.15) is 11.3 Å². The second kappa shape index (κ2) is 7.07. The Balaban J connectivity index is 1.40. The first-order valence-corrected chi connectivity index (χ1v) is 9.33. The predicted molar refractivity (Wildman–Crippen MR) is 102 cm³/mol. The van der Waals surface area contributed by atoms with Crippen molar-refractivity contribution < 1.29 is 4.79 Å². The first-order chi connectivity index (χ1) is 12.3. The zero-order chi connectivity index (χ0) is 17.1. The minimum atomic E-state index is 0.0667. The molecule has 1 saturated heterocycles. The quantitative estimate of drug-likeness (QED) is 0.722. The van der Waals surface area contributed by atoms with Gasteiger partial charge in [0, 0.05) is 49.0 Å². The molecule has 1 fully saturated rings. The molecule has 126 valence electrons. The van der Waals surface area contributed by atoms with Crippen LogP contribution in [0, 0.1) is 0 Å². The van der Waals surface area contributed by atoms with E-state index in [4.69, 9.17) is 0 Å². The molecule has 1 amide bonds. The van der Waals surface area contributed by atoms with Gasteiger partial charge in [0.1, 0.15) is 0 Å². The van der Waals surface area contributed by atoms with E-state index in [1.54, 1.807) is 17.5 Å². The maximum Gasteiger partial charge on any atom is 0.255 e. The fourth-order valence-corrected chi connectivity index (χ4v) is 3.74. The number of benzene rings is 1. The molecule has 1 aliphatic heterocycles.